The number of amides is 1. The average Bonchev–Trinajstić information content (AvgIpc) is 3.48. The van der Waals surface area contributed by atoms with Crippen molar-refractivity contribution in [2.45, 2.75) is 32.1 Å². The maximum Gasteiger partial charge on any atom is 0.227 e. The molecule has 1 aliphatic rings. The molecule has 0 radical (unpaired) electrons. The molecular weight excluding hydrogens is 414 g/mol. The third-order valence-electron chi connectivity index (χ3n) is 6.37. The summed E-state index contributed by atoms with van der Waals surface area (Å²) in [6.07, 6.45) is 12.4. The summed E-state index contributed by atoms with van der Waals surface area (Å²) in [6, 6.07) is 9.90. The second kappa shape index (κ2) is 8.12. The van der Waals surface area contributed by atoms with Crippen LogP contribution in [-0.2, 0) is 4.79 Å². The normalized spacial score (nSPS) is 14.7. The van der Waals surface area contributed by atoms with Crippen LogP contribution in [0.4, 0.5) is 5.69 Å². The molecule has 8 nitrogen and oxygen atoms in total. The van der Waals surface area contributed by atoms with Gasteiger partial charge in [-0.15, -0.1) is 0 Å². The van der Waals surface area contributed by atoms with E-state index in [1.807, 2.05) is 30.3 Å². The summed E-state index contributed by atoms with van der Waals surface area (Å²) >= 11 is 0. The van der Waals surface area contributed by atoms with Gasteiger partial charge in [0.05, 0.1) is 35.0 Å². The number of nitrogens with zero attached hydrogens (tertiary/aromatic N) is 4. The van der Waals surface area contributed by atoms with Crippen LogP contribution < -0.4 is 5.32 Å². The zero-order valence-corrected chi connectivity index (χ0v) is 18.0. The molecule has 0 bridgehead atoms. The Morgan fingerprint density at radius 2 is 1.94 bits per heavy atom. The van der Waals surface area contributed by atoms with Crippen molar-refractivity contribution in [2.75, 3.05) is 5.32 Å². The molecule has 0 atom stereocenters. The van der Waals surface area contributed by atoms with Crippen LogP contribution in [0.15, 0.2) is 55.1 Å². The van der Waals surface area contributed by atoms with E-state index in [4.69, 9.17) is 0 Å². The van der Waals surface area contributed by atoms with Crippen molar-refractivity contribution < 1.29 is 4.79 Å². The molecule has 5 aromatic rings. The molecule has 1 saturated carbocycles. The second-order valence-electron chi connectivity index (χ2n) is 8.60. The van der Waals surface area contributed by atoms with Crippen molar-refractivity contribution in [1.29, 1.82) is 0 Å². The molecule has 1 aliphatic carbocycles. The molecule has 3 N–H and O–H groups in total. The van der Waals surface area contributed by atoms with Crippen molar-refractivity contribution in [3.63, 3.8) is 0 Å². The van der Waals surface area contributed by atoms with Crippen LogP contribution in [0.25, 0.3) is 44.6 Å². The molecule has 1 amide bonds. The van der Waals surface area contributed by atoms with Crippen LogP contribution in [0.2, 0.25) is 0 Å². The van der Waals surface area contributed by atoms with E-state index in [1.165, 1.54) is 6.42 Å². The van der Waals surface area contributed by atoms with E-state index in [9.17, 15) is 4.79 Å². The van der Waals surface area contributed by atoms with Gasteiger partial charge in [0.1, 0.15) is 11.3 Å². The Bertz CT molecular complexity index is 1430. The van der Waals surface area contributed by atoms with Gasteiger partial charge in [0.25, 0.3) is 0 Å². The minimum atomic E-state index is 0.0848. The van der Waals surface area contributed by atoms with Crippen molar-refractivity contribution >= 4 is 33.5 Å². The first-order valence-electron chi connectivity index (χ1n) is 11.3. The number of fused-ring (bicyclic) bond motifs is 2. The fourth-order valence-corrected chi connectivity index (χ4v) is 4.62. The van der Waals surface area contributed by atoms with Crippen molar-refractivity contribution in [1.82, 2.24) is 30.1 Å². The lowest BCUT2D eigenvalue weighted by Crippen LogP contribution is -2.24. The lowest BCUT2D eigenvalue weighted by Gasteiger charge is -2.20. The number of carbonyl (C=O) groups is 1. The smallest absolute Gasteiger partial charge is 0.227 e. The predicted octanol–water partition coefficient (Wildman–Crippen LogP) is 5.08. The largest absolute Gasteiger partial charge is 0.338 e. The number of hydrogen-bond donors (Lipinski definition) is 3. The second-order valence-corrected chi connectivity index (χ2v) is 8.60. The maximum atomic E-state index is 12.7. The third kappa shape index (κ3) is 3.73. The highest BCUT2D eigenvalue weighted by Gasteiger charge is 2.21. The van der Waals surface area contributed by atoms with Gasteiger partial charge < -0.3 is 10.3 Å². The Balaban J connectivity index is 1.32. The Morgan fingerprint density at radius 1 is 1.03 bits per heavy atom. The molecule has 0 spiro atoms. The van der Waals surface area contributed by atoms with Crippen LogP contribution in [-0.4, -0.2) is 36.0 Å². The molecule has 0 unspecified atom stereocenters. The first-order valence-corrected chi connectivity index (χ1v) is 11.3. The number of carbonyl (C=O) groups excluding carboxylic acids is 1. The third-order valence-corrected chi connectivity index (χ3v) is 6.37. The fraction of sp³-hybridized carbons (Fsp3) is 0.240. The summed E-state index contributed by atoms with van der Waals surface area (Å²) in [5.41, 5.74) is 5.65. The number of hydrogen-bond acceptors (Lipinski definition) is 5. The molecule has 5 aromatic heterocycles. The minimum Gasteiger partial charge on any atom is -0.338 e. The Kier molecular flexibility index (Phi) is 4.83. The molecular formula is C25H23N7O. The topological polar surface area (TPSA) is 112 Å². The van der Waals surface area contributed by atoms with Crippen molar-refractivity contribution in [3.8, 4) is 22.6 Å². The van der Waals surface area contributed by atoms with Gasteiger partial charge in [-0.2, -0.15) is 5.10 Å². The first-order chi connectivity index (χ1) is 16.2. The van der Waals surface area contributed by atoms with Gasteiger partial charge in [0.2, 0.25) is 5.91 Å². The Morgan fingerprint density at radius 3 is 2.82 bits per heavy atom. The highest BCUT2D eigenvalue weighted by atomic mass is 16.1. The zero-order valence-electron chi connectivity index (χ0n) is 18.0. The molecule has 164 valence electrons. The Hall–Kier alpha value is -4.07. The minimum absolute atomic E-state index is 0.0848. The summed E-state index contributed by atoms with van der Waals surface area (Å²) in [5.74, 6) is 0.178. The van der Waals surface area contributed by atoms with E-state index < -0.39 is 0 Å². The van der Waals surface area contributed by atoms with E-state index in [-0.39, 0.29) is 11.8 Å². The highest BCUT2D eigenvalue weighted by molar-refractivity contribution is 5.97. The Labute approximate surface area is 189 Å². The highest BCUT2D eigenvalue weighted by Crippen LogP contribution is 2.31. The van der Waals surface area contributed by atoms with Gasteiger partial charge >= 0.3 is 0 Å². The van der Waals surface area contributed by atoms with Crippen LogP contribution in [0.5, 0.6) is 0 Å². The summed E-state index contributed by atoms with van der Waals surface area (Å²) in [5, 5.41) is 12.6. The van der Waals surface area contributed by atoms with E-state index in [1.54, 1.807) is 24.8 Å². The lowest BCUT2D eigenvalue weighted by atomic mass is 9.88. The van der Waals surface area contributed by atoms with Gasteiger partial charge in [-0.25, -0.2) is 4.98 Å². The fourth-order valence-electron chi connectivity index (χ4n) is 4.62. The SMILES string of the molecule is O=C(Nc1cncc(-c2cc3c(-c4cc5cccnc5[nH]4)n[nH]c3cn2)c1)C1CCCCC1. The number of pyridine rings is 3. The first kappa shape index (κ1) is 19.6. The zero-order chi connectivity index (χ0) is 22.2. The van der Waals surface area contributed by atoms with Gasteiger partial charge in [-0.3, -0.25) is 19.9 Å². The number of aromatic amines is 2. The van der Waals surface area contributed by atoms with Gasteiger partial charge in [0, 0.05) is 34.6 Å². The molecule has 33 heavy (non-hydrogen) atoms. The predicted molar refractivity (Wildman–Crippen MR) is 127 cm³/mol. The number of aromatic nitrogens is 6. The van der Waals surface area contributed by atoms with Crippen LogP contribution >= 0.6 is 0 Å². The molecule has 0 aromatic carbocycles. The molecule has 0 saturated heterocycles. The molecule has 5 heterocycles. The molecule has 1 fully saturated rings. The van der Waals surface area contributed by atoms with Crippen LogP contribution in [0, 0.1) is 5.92 Å². The monoisotopic (exact) mass is 437 g/mol. The molecule has 6 rings (SSSR count). The summed E-state index contributed by atoms with van der Waals surface area (Å²) in [4.78, 5) is 29.3. The standard InChI is InChI=1S/C25H23N7O/c33-25(15-5-2-1-3-6-15)29-18-9-17(12-26-13-18)20-11-19-22(14-28-20)31-32-23(19)21-10-16-7-4-8-27-24(16)30-21/h4,7-15H,1-3,5-6H2,(H,27,30)(H,29,33)(H,31,32). The van der Waals surface area contributed by atoms with Gasteiger partial charge in [-0.05, 0) is 43.2 Å². The molecule has 8 heteroatoms. The van der Waals surface area contributed by atoms with E-state index in [2.05, 4.69) is 35.5 Å². The van der Waals surface area contributed by atoms with Gasteiger partial charge in [0.15, 0.2) is 0 Å². The van der Waals surface area contributed by atoms with E-state index in [0.717, 1.165) is 70.3 Å². The van der Waals surface area contributed by atoms with Crippen molar-refractivity contribution in [3.05, 3.63) is 55.1 Å². The number of H-pyrrole nitrogens is 2. The number of anilines is 1. The summed E-state index contributed by atoms with van der Waals surface area (Å²) < 4.78 is 0. The lowest BCUT2D eigenvalue weighted by molar-refractivity contribution is -0.120. The van der Waals surface area contributed by atoms with Crippen LogP contribution in [0.1, 0.15) is 32.1 Å². The van der Waals surface area contributed by atoms with E-state index >= 15 is 0 Å². The summed E-state index contributed by atoms with van der Waals surface area (Å²) in [7, 11) is 0. The van der Waals surface area contributed by atoms with Crippen LogP contribution in [0.3, 0.4) is 0 Å². The quantitative estimate of drug-likeness (QED) is 0.363. The maximum absolute atomic E-state index is 12.7. The summed E-state index contributed by atoms with van der Waals surface area (Å²) in [6.45, 7) is 0. The van der Waals surface area contributed by atoms with E-state index in [0.29, 0.717) is 5.69 Å². The number of nitrogens with one attached hydrogen (secondary N) is 3. The van der Waals surface area contributed by atoms with Gasteiger partial charge in [-0.1, -0.05) is 19.3 Å². The molecule has 0 aliphatic heterocycles. The van der Waals surface area contributed by atoms with Crippen molar-refractivity contribution in [2.24, 2.45) is 5.92 Å². The number of rotatable bonds is 4. The average molecular weight is 438 g/mol.